The molecule has 4 heteroatoms. The summed E-state index contributed by atoms with van der Waals surface area (Å²) in [5, 5.41) is 3.41. The zero-order valence-corrected chi connectivity index (χ0v) is 12.0. The normalized spacial score (nSPS) is 22.1. The molecule has 1 fully saturated rings. The van der Waals surface area contributed by atoms with Crippen LogP contribution in [0, 0.1) is 6.92 Å². The van der Waals surface area contributed by atoms with E-state index in [0.29, 0.717) is 12.1 Å². The number of para-hydroxylation sites is 1. The zero-order chi connectivity index (χ0) is 13.9. The number of hydrogen-bond acceptors (Lipinski definition) is 3. The van der Waals surface area contributed by atoms with Gasteiger partial charge < -0.3 is 14.6 Å². The van der Waals surface area contributed by atoms with Crippen LogP contribution >= 0.6 is 0 Å². The van der Waals surface area contributed by atoms with E-state index in [1.165, 1.54) is 6.42 Å². The molecule has 1 heterocycles. The number of aryl methyl sites for hydroxylation is 1. The van der Waals surface area contributed by atoms with E-state index in [-0.39, 0.29) is 0 Å². The van der Waals surface area contributed by atoms with Crippen LogP contribution in [0.2, 0.25) is 0 Å². The Hall–Kier alpha value is -1.81. The highest BCUT2D eigenvalue weighted by atomic mass is 16.5. The lowest BCUT2D eigenvalue weighted by molar-refractivity contribution is 0.0756. The van der Waals surface area contributed by atoms with Crippen LogP contribution in [0.3, 0.4) is 0 Å². The first-order chi connectivity index (χ1) is 9.78. The van der Waals surface area contributed by atoms with Crippen molar-refractivity contribution in [3.05, 3.63) is 42.2 Å². The zero-order valence-electron chi connectivity index (χ0n) is 12.0. The van der Waals surface area contributed by atoms with Gasteiger partial charge in [-0.1, -0.05) is 18.2 Å². The minimum absolute atomic E-state index is 0.292. The van der Waals surface area contributed by atoms with E-state index in [0.717, 1.165) is 30.2 Å². The minimum atomic E-state index is 0.292. The summed E-state index contributed by atoms with van der Waals surface area (Å²) in [6.45, 7) is 2.03. The molecule has 106 valence electrons. The maximum Gasteiger partial charge on any atom is 0.207 e. The number of ether oxygens (including phenoxy) is 1. The fourth-order valence-electron chi connectivity index (χ4n) is 3.01. The van der Waals surface area contributed by atoms with Crippen molar-refractivity contribution >= 4 is 11.6 Å². The molecule has 4 nitrogen and oxygen atoms in total. The number of benzene rings is 1. The number of aromatic nitrogens is 2. The van der Waals surface area contributed by atoms with Gasteiger partial charge in [-0.15, -0.1) is 0 Å². The Balaban J connectivity index is 1.88. The van der Waals surface area contributed by atoms with E-state index in [2.05, 4.69) is 33.2 Å². The highest BCUT2D eigenvalue weighted by molar-refractivity contribution is 5.53. The van der Waals surface area contributed by atoms with Crippen LogP contribution in [-0.2, 0) is 4.74 Å². The number of nitrogens with zero attached hydrogens (tertiary/aromatic N) is 2. The Bertz CT molecular complexity index is 564. The number of hydrogen-bond donors (Lipinski definition) is 1. The van der Waals surface area contributed by atoms with Crippen molar-refractivity contribution in [3.8, 4) is 0 Å². The lowest BCUT2D eigenvalue weighted by atomic mass is 10.2. The molecule has 2 atom stereocenters. The van der Waals surface area contributed by atoms with Gasteiger partial charge in [-0.2, -0.15) is 0 Å². The Labute approximate surface area is 119 Å². The highest BCUT2D eigenvalue weighted by Gasteiger charge is 2.30. The predicted octanol–water partition coefficient (Wildman–Crippen LogP) is 3.68. The van der Waals surface area contributed by atoms with Crippen molar-refractivity contribution < 1.29 is 4.74 Å². The van der Waals surface area contributed by atoms with Gasteiger partial charge in [-0.25, -0.2) is 4.98 Å². The molecular formula is C16H21N3O. The molecule has 1 aromatic carbocycles. The number of imidazole rings is 1. The molecule has 0 bridgehead atoms. The smallest absolute Gasteiger partial charge is 0.207 e. The first-order valence-corrected chi connectivity index (χ1v) is 7.18. The molecule has 2 unspecified atom stereocenters. The summed E-state index contributed by atoms with van der Waals surface area (Å²) < 4.78 is 7.86. The molecule has 2 aromatic rings. The maximum absolute atomic E-state index is 5.62. The molecule has 1 aliphatic carbocycles. The van der Waals surface area contributed by atoms with E-state index in [4.69, 9.17) is 4.74 Å². The summed E-state index contributed by atoms with van der Waals surface area (Å²) >= 11 is 0. The maximum atomic E-state index is 5.62. The second kappa shape index (κ2) is 5.67. The van der Waals surface area contributed by atoms with E-state index >= 15 is 0 Å². The van der Waals surface area contributed by atoms with Gasteiger partial charge in [0, 0.05) is 19.0 Å². The molecule has 1 aromatic heterocycles. The molecular weight excluding hydrogens is 250 g/mol. The number of anilines is 2. The fourth-order valence-corrected chi connectivity index (χ4v) is 3.01. The lowest BCUT2D eigenvalue weighted by Crippen LogP contribution is -2.21. The van der Waals surface area contributed by atoms with Gasteiger partial charge in [0.1, 0.15) is 0 Å². The second-order valence-electron chi connectivity index (χ2n) is 5.38. The lowest BCUT2D eigenvalue weighted by Gasteiger charge is -2.22. The second-order valence-corrected chi connectivity index (χ2v) is 5.38. The summed E-state index contributed by atoms with van der Waals surface area (Å²) in [6.07, 6.45) is 5.90. The summed E-state index contributed by atoms with van der Waals surface area (Å²) in [5.74, 6) is 0.905. The molecule has 1 N–H and O–H groups in total. The van der Waals surface area contributed by atoms with Crippen LogP contribution < -0.4 is 5.32 Å². The quantitative estimate of drug-likeness (QED) is 0.922. The van der Waals surface area contributed by atoms with Crippen molar-refractivity contribution in [1.29, 1.82) is 0 Å². The van der Waals surface area contributed by atoms with E-state index < -0.39 is 0 Å². The van der Waals surface area contributed by atoms with E-state index in [1.54, 1.807) is 7.11 Å². The highest BCUT2D eigenvalue weighted by Crippen LogP contribution is 2.35. The number of nitrogens with one attached hydrogen (secondary N) is 1. The van der Waals surface area contributed by atoms with Gasteiger partial charge >= 0.3 is 0 Å². The van der Waals surface area contributed by atoms with Gasteiger partial charge in [0.05, 0.1) is 17.8 Å². The third kappa shape index (κ3) is 2.56. The molecule has 1 aliphatic rings. The van der Waals surface area contributed by atoms with Crippen LogP contribution in [-0.4, -0.2) is 22.8 Å². The molecule has 3 rings (SSSR count). The van der Waals surface area contributed by atoms with E-state index in [9.17, 15) is 0 Å². The average Bonchev–Trinajstić information content (AvgIpc) is 3.06. The summed E-state index contributed by atoms with van der Waals surface area (Å²) in [7, 11) is 1.80. The van der Waals surface area contributed by atoms with Gasteiger partial charge in [0.2, 0.25) is 5.95 Å². The largest absolute Gasteiger partial charge is 0.379 e. The predicted molar refractivity (Wildman–Crippen MR) is 80.4 cm³/mol. The Morgan fingerprint density at radius 2 is 2.05 bits per heavy atom. The Kier molecular flexibility index (Phi) is 3.74. The topological polar surface area (TPSA) is 39.1 Å². The summed E-state index contributed by atoms with van der Waals surface area (Å²) in [5.41, 5.74) is 2.09. The molecule has 0 amide bonds. The molecule has 0 aliphatic heterocycles. The Morgan fingerprint density at radius 1 is 1.25 bits per heavy atom. The molecule has 1 saturated carbocycles. The number of rotatable bonds is 4. The average molecular weight is 271 g/mol. The molecule has 0 radical (unpaired) electrons. The van der Waals surface area contributed by atoms with Crippen molar-refractivity contribution in [2.45, 2.75) is 38.3 Å². The van der Waals surface area contributed by atoms with Crippen molar-refractivity contribution in [3.63, 3.8) is 0 Å². The van der Waals surface area contributed by atoms with Crippen molar-refractivity contribution in [2.75, 3.05) is 12.4 Å². The molecule has 0 saturated heterocycles. The first kappa shape index (κ1) is 13.2. The van der Waals surface area contributed by atoms with Gasteiger partial charge in [-0.3, -0.25) is 0 Å². The third-order valence-electron chi connectivity index (χ3n) is 3.96. The number of methoxy groups -OCH3 is 1. The van der Waals surface area contributed by atoms with Gasteiger partial charge in [0.15, 0.2) is 0 Å². The molecule has 20 heavy (non-hydrogen) atoms. The van der Waals surface area contributed by atoms with Gasteiger partial charge in [-0.05, 0) is 38.3 Å². The van der Waals surface area contributed by atoms with Crippen LogP contribution in [0.25, 0.3) is 0 Å². The van der Waals surface area contributed by atoms with Crippen molar-refractivity contribution in [1.82, 2.24) is 9.55 Å². The van der Waals surface area contributed by atoms with Crippen LogP contribution in [0.1, 0.15) is 31.0 Å². The molecule has 0 spiro atoms. The minimum Gasteiger partial charge on any atom is -0.379 e. The summed E-state index contributed by atoms with van der Waals surface area (Å²) in [6, 6.07) is 10.5. The van der Waals surface area contributed by atoms with Gasteiger partial charge in [0.25, 0.3) is 0 Å². The van der Waals surface area contributed by atoms with E-state index in [1.807, 2.05) is 25.1 Å². The summed E-state index contributed by atoms with van der Waals surface area (Å²) in [4.78, 5) is 4.62. The standard InChI is InChI=1S/C16H21N3O/c1-12-11-19(14-9-6-10-15(14)20-2)16(17-12)18-13-7-4-3-5-8-13/h3-5,7-8,11,14-15H,6,9-10H2,1-2H3,(H,17,18). The fraction of sp³-hybridized carbons (Fsp3) is 0.438. The van der Waals surface area contributed by atoms with Crippen LogP contribution in [0.4, 0.5) is 11.6 Å². The Morgan fingerprint density at radius 3 is 2.80 bits per heavy atom. The van der Waals surface area contributed by atoms with Crippen LogP contribution in [0.15, 0.2) is 36.5 Å². The monoisotopic (exact) mass is 271 g/mol. The van der Waals surface area contributed by atoms with Crippen molar-refractivity contribution in [2.24, 2.45) is 0 Å². The SMILES string of the molecule is COC1CCCC1n1cc(C)nc1Nc1ccccc1. The van der Waals surface area contributed by atoms with Crippen LogP contribution in [0.5, 0.6) is 0 Å². The third-order valence-corrected chi connectivity index (χ3v) is 3.96. The first-order valence-electron chi connectivity index (χ1n) is 7.18.